The number of hydrogen-bond donors (Lipinski definition) is 1. The van der Waals surface area contributed by atoms with E-state index in [9.17, 15) is 13.2 Å². The van der Waals surface area contributed by atoms with E-state index in [2.05, 4.69) is 15.2 Å². The predicted octanol–water partition coefficient (Wildman–Crippen LogP) is 3.75. The van der Waals surface area contributed by atoms with Gasteiger partial charge in [0.1, 0.15) is 0 Å². The van der Waals surface area contributed by atoms with Crippen LogP contribution in [-0.4, -0.2) is 36.1 Å². The van der Waals surface area contributed by atoms with Crippen LogP contribution in [0.1, 0.15) is 22.9 Å². The first-order chi connectivity index (χ1) is 11.5. The lowest BCUT2D eigenvalue weighted by Crippen LogP contribution is -2.45. The highest BCUT2D eigenvalue weighted by atomic mass is 35.5. The minimum Gasteiger partial charge on any atom is -0.314 e. The molecule has 0 bridgehead atoms. The second-order valence-corrected chi connectivity index (χ2v) is 6.09. The number of nitrogens with one attached hydrogen (secondary N) is 1. The smallest absolute Gasteiger partial charge is 0.314 e. The largest absolute Gasteiger partial charge is 0.417 e. The molecule has 1 unspecified atom stereocenters. The van der Waals surface area contributed by atoms with E-state index < -0.39 is 11.7 Å². The predicted molar refractivity (Wildman–Crippen MR) is 87.0 cm³/mol. The van der Waals surface area contributed by atoms with Crippen LogP contribution in [0.5, 0.6) is 0 Å². The van der Waals surface area contributed by atoms with Gasteiger partial charge in [-0.3, -0.25) is 9.88 Å². The SMILES string of the molecule is FC(F)(F)c1cc(C(c2ccccn2)N2CCNCC2)ccc1Cl. The van der Waals surface area contributed by atoms with E-state index in [0.29, 0.717) is 5.56 Å². The van der Waals surface area contributed by atoms with E-state index in [1.54, 1.807) is 18.3 Å². The molecule has 0 saturated carbocycles. The van der Waals surface area contributed by atoms with Gasteiger partial charge in [0.25, 0.3) is 0 Å². The lowest BCUT2D eigenvalue weighted by atomic mass is 9.98. The summed E-state index contributed by atoms with van der Waals surface area (Å²) in [6.45, 7) is 3.07. The lowest BCUT2D eigenvalue weighted by Gasteiger charge is -2.35. The van der Waals surface area contributed by atoms with Gasteiger partial charge in [-0.15, -0.1) is 0 Å². The Morgan fingerprint density at radius 3 is 2.50 bits per heavy atom. The highest BCUT2D eigenvalue weighted by molar-refractivity contribution is 6.31. The van der Waals surface area contributed by atoms with Crippen molar-refractivity contribution < 1.29 is 13.2 Å². The number of aromatic nitrogens is 1. The second-order valence-electron chi connectivity index (χ2n) is 5.68. The summed E-state index contributed by atoms with van der Waals surface area (Å²) in [5, 5.41) is 2.97. The van der Waals surface area contributed by atoms with Crippen LogP contribution >= 0.6 is 11.6 Å². The van der Waals surface area contributed by atoms with Gasteiger partial charge in [-0.2, -0.15) is 13.2 Å². The number of pyridine rings is 1. The Kier molecular flexibility index (Phi) is 5.08. The average molecular weight is 356 g/mol. The van der Waals surface area contributed by atoms with Crippen molar-refractivity contribution in [3.63, 3.8) is 0 Å². The van der Waals surface area contributed by atoms with Gasteiger partial charge in [0.05, 0.1) is 22.3 Å². The number of benzene rings is 1. The number of rotatable bonds is 3. The molecule has 0 radical (unpaired) electrons. The fourth-order valence-corrected chi connectivity index (χ4v) is 3.20. The van der Waals surface area contributed by atoms with Gasteiger partial charge in [0, 0.05) is 32.4 Å². The van der Waals surface area contributed by atoms with Crippen molar-refractivity contribution in [1.82, 2.24) is 15.2 Å². The quantitative estimate of drug-likeness (QED) is 0.909. The van der Waals surface area contributed by atoms with Crippen LogP contribution in [0.25, 0.3) is 0 Å². The standard InChI is InChI=1S/C17H17ClF3N3/c18-14-5-4-12(11-13(14)17(19,20)21)16(15-3-1-2-6-23-15)24-9-7-22-8-10-24/h1-6,11,16,22H,7-10H2. The zero-order valence-electron chi connectivity index (χ0n) is 12.9. The Morgan fingerprint density at radius 1 is 1.12 bits per heavy atom. The Bertz CT molecular complexity index is 685. The van der Waals surface area contributed by atoms with Crippen molar-refractivity contribution in [3.8, 4) is 0 Å². The monoisotopic (exact) mass is 355 g/mol. The minimum absolute atomic E-state index is 0.286. The maximum absolute atomic E-state index is 13.2. The number of piperazine rings is 1. The van der Waals surface area contributed by atoms with Crippen molar-refractivity contribution >= 4 is 11.6 Å². The molecule has 1 N–H and O–H groups in total. The van der Waals surface area contributed by atoms with Crippen molar-refractivity contribution in [2.75, 3.05) is 26.2 Å². The van der Waals surface area contributed by atoms with Crippen molar-refractivity contribution in [2.45, 2.75) is 12.2 Å². The Labute approximate surface area is 143 Å². The van der Waals surface area contributed by atoms with E-state index in [0.717, 1.165) is 37.9 Å². The first-order valence-corrected chi connectivity index (χ1v) is 8.07. The molecule has 0 spiro atoms. The fraction of sp³-hybridized carbons (Fsp3) is 0.353. The van der Waals surface area contributed by atoms with Gasteiger partial charge < -0.3 is 5.32 Å². The lowest BCUT2D eigenvalue weighted by molar-refractivity contribution is -0.137. The third-order valence-corrected chi connectivity index (χ3v) is 4.43. The maximum Gasteiger partial charge on any atom is 0.417 e. The molecular formula is C17H17ClF3N3. The third kappa shape index (κ3) is 3.71. The van der Waals surface area contributed by atoms with Crippen molar-refractivity contribution in [2.24, 2.45) is 0 Å². The zero-order valence-corrected chi connectivity index (χ0v) is 13.6. The summed E-state index contributed by atoms with van der Waals surface area (Å²) in [5.41, 5.74) is 0.472. The normalized spacial score (nSPS) is 17.7. The first-order valence-electron chi connectivity index (χ1n) is 7.69. The summed E-state index contributed by atoms with van der Waals surface area (Å²) in [6.07, 6.45) is -2.82. The summed E-state index contributed by atoms with van der Waals surface area (Å²) in [7, 11) is 0. The molecule has 3 nitrogen and oxygen atoms in total. The van der Waals surface area contributed by atoms with Crippen LogP contribution < -0.4 is 5.32 Å². The number of alkyl halides is 3. The Hall–Kier alpha value is -1.63. The van der Waals surface area contributed by atoms with E-state index >= 15 is 0 Å². The minimum atomic E-state index is -4.48. The summed E-state index contributed by atoms with van der Waals surface area (Å²) >= 11 is 5.76. The molecule has 128 valence electrons. The van der Waals surface area contributed by atoms with Crippen molar-refractivity contribution in [1.29, 1.82) is 0 Å². The van der Waals surface area contributed by atoms with E-state index in [4.69, 9.17) is 11.6 Å². The van der Waals surface area contributed by atoms with Crippen molar-refractivity contribution in [3.05, 3.63) is 64.4 Å². The van der Waals surface area contributed by atoms with Gasteiger partial charge in [-0.1, -0.05) is 23.7 Å². The highest BCUT2D eigenvalue weighted by Crippen LogP contribution is 2.38. The maximum atomic E-state index is 13.2. The Balaban J connectivity index is 2.05. The molecule has 1 aromatic heterocycles. The second kappa shape index (κ2) is 7.09. The van der Waals surface area contributed by atoms with Gasteiger partial charge in [-0.05, 0) is 29.8 Å². The summed E-state index contributed by atoms with van der Waals surface area (Å²) in [4.78, 5) is 6.51. The van der Waals surface area contributed by atoms with Crippen LogP contribution in [0.15, 0.2) is 42.6 Å². The van der Waals surface area contributed by atoms with Gasteiger partial charge >= 0.3 is 6.18 Å². The van der Waals surface area contributed by atoms with Crippen LogP contribution in [0, 0.1) is 0 Å². The topological polar surface area (TPSA) is 28.2 Å². The number of nitrogens with zero attached hydrogens (tertiary/aromatic N) is 2. The van der Waals surface area contributed by atoms with Crippen LogP contribution in [0.4, 0.5) is 13.2 Å². The van der Waals surface area contributed by atoms with E-state index in [-0.39, 0.29) is 11.1 Å². The van der Waals surface area contributed by atoms with Crippen LogP contribution in [-0.2, 0) is 6.18 Å². The van der Waals surface area contributed by atoms with Gasteiger partial charge in [-0.25, -0.2) is 0 Å². The van der Waals surface area contributed by atoms with Gasteiger partial charge in [0.2, 0.25) is 0 Å². The molecule has 2 aromatic rings. The highest BCUT2D eigenvalue weighted by Gasteiger charge is 2.35. The van der Waals surface area contributed by atoms with E-state index in [1.165, 1.54) is 6.07 Å². The molecule has 0 amide bonds. The fourth-order valence-electron chi connectivity index (χ4n) is 2.98. The van der Waals surface area contributed by atoms with Crippen LogP contribution in [0.3, 0.4) is 0 Å². The number of hydrogen-bond acceptors (Lipinski definition) is 3. The molecule has 1 aliphatic rings. The third-order valence-electron chi connectivity index (χ3n) is 4.10. The first kappa shape index (κ1) is 17.2. The number of halogens is 4. The summed E-state index contributed by atoms with van der Waals surface area (Å²) in [5.74, 6) is 0. The van der Waals surface area contributed by atoms with Crippen LogP contribution in [0.2, 0.25) is 5.02 Å². The molecule has 1 atom stereocenters. The molecule has 24 heavy (non-hydrogen) atoms. The summed E-state index contributed by atoms with van der Waals surface area (Å²) < 4.78 is 39.6. The molecule has 1 aliphatic heterocycles. The molecule has 2 heterocycles. The molecule has 1 fully saturated rings. The molecule has 1 aromatic carbocycles. The molecule has 7 heteroatoms. The molecule has 1 saturated heterocycles. The average Bonchev–Trinajstić information content (AvgIpc) is 2.57. The molecular weight excluding hydrogens is 339 g/mol. The molecule has 3 rings (SSSR count). The van der Waals surface area contributed by atoms with E-state index in [1.807, 2.05) is 12.1 Å². The van der Waals surface area contributed by atoms with Gasteiger partial charge in [0.15, 0.2) is 0 Å². The summed E-state index contributed by atoms with van der Waals surface area (Å²) in [6, 6.07) is 9.26. The molecule has 0 aliphatic carbocycles. The zero-order chi connectivity index (χ0) is 17.2. The Morgan fingerprint density at radius 2 is 1.88 bits per heavy atom.